The van der Waals surface area contributed by atoms with E-state index in [0.717, 1.165) is 17.7 Å². The van der Waals surface area contributed by atoms with Crippen molar-refractivity contribution in [3.8, 4) is 0 Å². The van der Waals surface area contributed by atoms with Gasteiger partial charge in [0.25, 0.3) is 0 Å². The number of benzene rings is 1. The Labute approximate surface area is 125 Å². The number of sulfonamides is 1. The molecule has 0 atom stereocenters. The van der Waals surface area contributed by atoms with Crippen molar-refractivity contribution in [3.63, 3.8) is 0 Å². The topological polar surface area (TPSA) is 76.0 Å². The van der Waals surface area contributed by atoms with Crippen LogP contribution < -0.4 is 10.0 Å². The van der Waals surface area contributed by atoms with Crippen molar-refractivity contribution >= 4 is 10.0 Å². The molecule has 0 saturated heterocycles. The van der Waals surface area contributed by atoms with E-state index in [4.69, 9.17) is 0 Å². The summed E-state index contributed by atoms with van der Waals surface area (Å²) in [5.41, 5.74) is 1.89. The smallest absolute Gasteiger partial charge is 0.216 e. The summed E-state index contributed by atoms with van der Waals surface area (Å²) in [6, 6.07) is 7.54. The van der Waals surface area contributed by atoms with Crippen LogP contribution in [-0.4, -0.2) is 25.0 Å². The van der Waals surface area contributed by atoms with Crippen LogP contribution >= 0.6 is 0 Å². The maximum Gasteiger partial charge on any atom is 0.216 e. The zero-order valence-corrected chi connectivity index (χ0v) is 13.0. The predicted molar refractivity (Wildman–Crippen MR) is 81.9 cm³/mol. The van der Waals surface area contributed by atoms with Crippen molar-refractivity contribution in [1.82, 2.24) is 19.6 Å². The first-order valence-corrected chi connectivity index (χ1v) is 8.31. The Bertz CT molecular complexity index is 677. The maximum atomic E-state index is 12.1. The minimum Gasteiger partial charge on any atom is -0.337 e. The van der Waals surface area contributed by atoms with E-state index < -0.39 is 10.0 Å². The van der Waals surface area contributed by atoms with Gasteiger partial charge in [0.15, 0.2) is 0 Å². The van der Waals surface area contributed by atoms with Crippen LogP contribution in [0.25, 0.3) is 0 Å². The summed E-state index contributed by atoms with van der Waals surface area (Å²) in [5, 5.41) is 3.05. The van der Waals surface area contributed by atoms with Crippen LogP contribution in [0.15, 0.2) is 36.7 Å². The second kappa shape index (κ2) is 6.84. The van der Waals surface area contributed by atoms with E-state index in [-0.39, 0.29) is 12.3 Å². The fourth-order valence-corrected chi connectivity index (χ4v) is 3.05. The van der Waals surface area contributed by atoms with Crippen molar-refractivity contribution in [2.45, 2.75) is 18.8 Å². The second-order valence-electron chi connectivity index (χ2n) is 4.88. The summed E-state index contributed by atoms with van der Waals surface area (Å²) < 4.78 is 28.5. The third-order valence-corrected chi connectivity index (χ3v) is 4.43. The number of aryl methyl sites for hydroxylation is 1. The minimum atomic E-state index is -3.37. The molecule has 0 aliphatic carbocycles. The number of hydrogen-bond donors (Lipinski definition) is 2. The molecule has 1 heterocycles. The summed E-state index contributed by atoms with van der Waals surface area (Å²) in [7, 11) is 0.334. The lowest BCUT2D eigenvalue weighted by Gasteiger charge is -2.08. The molecule has 6 nitrogen and oxygen atoms in total. The highest BCUT2D eigenvalue weighted by Crippen LogP contribution is 2.08. The summed E-state index contributed by atoms with van der Waals surface area (Å²) in [6.45, 7) is 0.966. The Morgan fingerprint density at radius 2 is 1.81 bits per heavy atom. The van der Waals surface area contributed by atoms with Crippen LogP contribution in [0.5, 0.6) is 0 Å². The molecule has 114 valence electrons. The van der Waals surface area contributed by atoms with Crippen molar-refractivity contribution in [3.05, 3.63) is 53.6 Å². The number of rotatable bonds is 7. The molecular formula is C14H20N4O2S. The molecule has 1 aromatic heterocycles. The molecule has 7 heteroatoms. The molecule has 0 fully saturated rings. The van der Waals surface area contributed by atoms with Gasteiger partial charge < -0.3 is 9.88 Å². The van der Waals surface area contributed by atoms with Gasteiger partial charge in [-0.25, -0.2) is 18.1 Å². The normalized spacial score (nSPS) is 11.7. The highest BCUT2D eigenvalue weighted by molar-refractivity contribution is 7.88. The van der Waals surface area contributed by atoms with Gasteiger partial charge in [0.2, 0.25) is 10.0 Å². The second-order valence-corrected chi connectivity index (χ2v) is 6.69. The quantitative estimate of drug-likeness (QED) is 0.792. The highest BCUT2D eigenvalue weighted by atomic mass is 32.2. The molecule has 2 N–H and O–H groups in total. The number of aromatic nitrogens is 2. The summed E-state index contributed by atoms with van der Waals surface area (Å²) >= 11 is 0. The van der Waals surface area contributed by atoms with E-state index in [1.165, 1.54) is 0 Å². The van der Waals surface area contributed by atoms with Gasteiger partial charge in [-0.15, -0.1) is 0 Å². The van der Waals surface area contributed by atoms with E-state index in [9.17, 15) is 8.42 Å². The third-order valence-electron chi connectivity index (χ3n) is 3.13. The SMILES string of the molecule is CNCc1ccc(CS(=O)(=O)NCc2nccn2C)cc1. The monoisotopic (exact) mass is 308 g/mol. The van der Waals surface area contributed by atoms with Gasteiger partial charge in [0, 0.05) is 26.0 Å². The van der Waals surface area contributed by atoms with Crippen molar-refractivity contribution < 1.29 is 8.42 Å². The molecule has 0 aliphatic heterocycles. The number of nitrogens with zero attached hydrogens (tertiary/aromatic N) is 2. The zero-order valence-electron chi connectivity index (χ0n) is 12.2. The Balaban J connectivity index is 1.95. The summed E-state index contributed by atoms with van der Waals surface area (Å²) in [5.74, 6) is 0.653. The Kier molecular flexibility index (Phi) is 5.11. The van der Waals surface area contributed by atoms with Gasteiger partial charge in [0.1, 0.15) is 5.82 Å². The van der Waals surface area contributed by atoms with Crippen LogP contribution in [0.3, 0.4) is 0 Å². The fourth-order valence-electron chi connectivity index (χ4n) is 1.97. The molecule has 21 heavy (non-hydrogen) atoms. The van der Waals surface area contributed by atoms with Crippen LogP contribution in [0.4, 0.5) is 0 Å². The van der Waals surface area contributed by atoms with Gasteiger partial charge in [-0.3, -0.25) is 0 Å². The average molecular weight is 308 g/mol. The lowest BCUT2D eigenvalue weighted by Crippen LogP contribution is -2.26. The lowest BCUT2D eigenvalue weighted by molar-refractivity contribution is 0.576. The Morgan fingerprint density at radius 1 is 1.14 bits per heavy atom. The number of imidazole rings is 1. The summed E-state index contributed by atoms with van der Waals surface area (Å²) in [4.78, 5) is 4.09. The Hall–Kier alpha value is -1.70. The third kappa shape index (κ3) is 4.66. The average Bonchev–Trinajstić information content (AvgIpc) is 2.84. The van der Waals surface area contributed by atoms with Crippen LogP contribution in [-0.2, 0) is 35.9 Å². The Morgan fingerprint density at radius 3 is 2.38 bits per heavy atom. The molecule has 0 saturated carbocycles. The highest BCUT2D eigenvalue weighted by Gasteiger charge is 2.12. The lowest BCUT2D eigenvalue weighted by atomic mass is 10.1. The molecule has 0 bridgehead atoms. The van der Waals surface area contributed by atoms with E-state index in [1.54, 1.807) is 17.0 Å². The largest absolute Gasteiger partial charge is 0.337 e. The zero-order chi connectivity index (χ0) is 15.3. The van der Waals surface area contributed by atoms with E-state index in [2.05, 4.69) is 15.0 Å². The van der Waals surface area contributed by atoms with E-state index >= 15 is 0 Å². The van der Waals surface area contributed by atoms with Crippen LogP contribution in [0.2, 0.25) is 0 Å². The van der Waals surface area contributed by atoms with Crippen LogP contribution in [0.1, 0.15) is 17.0 Å². The molecule has 0 spiro atoms. The van der Waals surface area contributed by atoms with E-state index in [1.807, 2.05) is 38.4 Å². The summed E-state index contributed by atoms with van der Waals surface area (Å²) in [6.07, 6.45) is 3.42. The molecular weight excluding hydrogens is 288 g/mol. The first kappa shape index (κ1) is 15.7. The van der Waals surface area contributed by atoms with Gasteiger partial charge in [-0.2, -0.15) is 0 Å². The van der Waals surface area contributed by atoms with Gasteiger partial charge >= 0.3 is 0 Å². The van der Waals surface area contributed by atoms with Crippen molar-refractivity contribution in [1.29, 1.82) is 0 Å². The minimum absolute atomic E-state index is 0.0305. The molecule has 0 amide bonds. The van der Waals surface area contributed by atoms with Crippen molar-refractivity contribution in [2.75, 3.05) is 7.05 Å². The first-order chi connectivity index (χ1) is 10.00. The predicted octanol–water partition coefficient (Wildman–Crippen LogP) is 0.759. The molecule has 0 aliphatic rings. The molecule has 2 rings (SSSR count). The molecule has 1 aromatic carbocycles. The standard InChI is InChI=1S/C14H20N4O2S/c1-15-9-12-3-5-13(6-4-12)11-21(19,20)17-10-14-16-7-8-18(14)2/h3-8,15,17H,9-11H2,1-2H3. The first-order valence-electron chi connectivity index (χ1n) is 6.66. The van der Waals surface area contributed by atoms with Gasteiger partial charge in [-0.05, 0) is 18.2 Å². The van der Waals surface area contributed by atoms with Crippen molar-refractivity contribution in [2.24, 2.45) is 7.05 Å². The molecule has 0 radical (unpaired) electrons. The van der Waals surface area contributed by atoms with Crippen LogP contribution in [0, 0.1) is 0 Å². The fraction of sp³-hybridized carbons (Fsp3) is 0.357. The number of hydrogen-bond acceptors (Lipinski definition) is 4. The maximum absolute atomic E-state index is 12.1. The van der Waals surface area contributed by atoms with Gasteiger partial charge in [0.05, 0.1) is 12.3 Å². The molecule has 0 unspecified atom stereocenters. The van der Waals surface area contributed by atoms with Gasteiger partial charge in [-0.1, -0.05) is 24.3 Å². The number of nitrogens with one attached hydrogen (secondary N) is 2. The van der Waals surface area contributed by atoms with E-state index in [0.29, 0.717) is 5.82 Å². The molecule has 2 aromatic rings.